The van der Waals surface area contributed by atoms with Gasteiger partial charge in [0.25, 0.3) is 0 Å². The predicted octanol–water partition coefficient (Wildman–Crippen LogP) is 5.44. The maximum absolute atomic E-state index is 12.7. The third-order valence-electron chi connectivity index (χ3n) is 8.16. The highest BCUT2D eigenvalue weighted by Crippen LogP contribution is 2.38. The van der Waals surface area contributed by atoms with Crippen LogP contribution in [0, 0.1) is 11.8 Å². The van der Waals surface area contributed by atoms with Gasteiger partial charge in [-0.3, -0.25) is 0 Å². The number of carbonyl (C=O) groups excluding carboxylic acids is 1. The number of imidazole rings is 1. The highest BCUT2D eigenvalue weighted by molar-refractivity contribution is 5.96. The first kappa shape index (κ1) is 26.1. The second-order valence-electron chi connectivity index (χ2n) is 11.2. The van der Waals surface area contributed by atoms with Gasteiger partial charge in [-0.15, -0.1) is 0 Å². The molecule has 0 bridgehead atoms. The number of pyridine rings is 1. The maximum Gasteiger partial charge on any atom is 0.410 e. The molecule has 1 amide bonds. The number of amides is 1. The Labute approximate surface area is 242 Å². The summed E-state index contributed by atoms with van der Waals surface area (Å²) in [6, 6.07) is 18.9. The van der Waals surface area contributed by atoms with Gasteiger partial charge in [0, 0.05) is 43.7 Å². The van der Waals surface area contributed by atoms with Gasteiger partial charge in [0.1, 0.15) is 23.5 Å². The average Bonchev–Trinajstić information content (AvgIpc) is 3.63. The molecule has 1 saturated heterocycles. The molecule has 0 atom stereocenters. The number of carboxylic acids is 1. The zero-order chi connectivity index (χ0) is 28.8. The summed E-state index contributed by atoms with van der Waals surface area (Å²) in [6.07, 6.45) is 3.86. The molecule has 5 aromatic rings. The molecule has 0 spiro atoms. The Morgan fingerprint density at radius 2 is 1.76 bits per heavy atom. The lowest BCUT2D eigenvalue weighted by Gasteiger charge is -2.38. The smallest absolute Gasteiger partial charge is 0.410 e. The number of aromatic carboxylic acids is 1. The van der Waals surface area contributed by atoms with Crippen molar-refractivity contribution < 1.29 is 24.2 Å². The lowest BCUT2D eigenvalue weighted by molar-refractivity contribution is 0.0451. The second-order valence-corrected chi connectivity index (χ2v) is 11.2. The molecule has 10 heteroatoms. The van der Waals surface area contributed by atoms with Gasteiger partial charge >= 0.3 is 12.1 Å². The first-order valence-electron chi connectivity index (χ1n) is 14.2. The van der Waals surface area contributed by atoms with Gasteiger partial charge < -0.3 is 28.6 Å². The Morgan fingerprint density at radius 1 is 0.976 bits per heavy atom. The van der Waals surface area contributed by atoms with Gasteiger partial charge in [-0.05, 0) is 54.7 Å². The van der Waals surface area contributed by atoms with Crippen molar-refractivity contribution in [2.24, 2.45) is 11.8 Å². The Kier molecular flexibility index (Phi) is 6.53. The van der Waals surface area contributed by atoms with E-state index in [1.165, 1.54) is 12.8 Å². The quantitative estimate of drug-likeness (QED) is 0.253. The summed E-state index contributed by atoms with van der Waals surface area (Å²) in [4.78, 5) is 36.0. The normalized spacial score (nSPS) is 15.2. The molecule has 214 valence electrons. The number of rotatable bonds is 9. The zero-order valence-corrected chi connectivity index (χ0v) is 23.3. The van der Waals surface area contributed by atoms with Crippen LogP contribution in [-0.4, -0.2) is 61.4 Å². The van der Waals surface area contributed by atoms with Crippen LogP contribution >= 0.6 is 0 Å². The number of carbonyl (C=O) groups is 2. The highest BCUT2D eigenvalue weighted by atomic mass is 16.6. The first-order chi connectivity index (χ1) is 20.5. The molecule has 0 radical (unpaired) electrons. The number of hydrogen-bond donors (Lipinski definition) is 1. The van der Waals surface area contributed by atoms with E-state index in [1.54, 1.807) is 30.3 Å². The number of methoxy groups -OCH3 is 1. The van der Waals surface area contributed by atoms with Crippen molar-refractivity contribution in [2.45, 2.75) is 32.5 Å². The lowest BCUT2D eigenvalue weighted by atomic mass is 10.0. The van der Waals surface area contributed by atoms with E-state index in [1.807, 2.05) is 36.4 Å². The predicted molar refractivity (Wildman–Crippen MR) is 156 cm³/mol. The Balaban J connectivity index is 1.23. The minimum atomic E-state index is -1.04. The molecule has 10 nitrogen and oxygen atoms in total. The monoisotopic (exact) mass is 565 g/mol. The van der Waals surface area contributed by atoms with Crippen LogP contribution in [0.3, 0.4) is 0 Å². The van der Waals surface area contributed by atoms with Crippen LogP contribution in [0.4, 0.5) is 4.79 Å². The third-order valence-corrected chi connectivity index (χ3v) is 8.16. The van der Waals surface area contributed by atoms with Crippen molar-refractivity contribution >= 4 is 34.1 Å². The molecule has 1 aliphatic carbocycles. The summed E-state index contributed by atoms with van der Waals surface area (Å²) in [7, 11) is 1.54. The molecule has 2 aromatic carbocycles. The van der Waals surface area contributed by atoms with Crippen LogP contribution in [-0.2, 0) is 24.4 Å². The van der Waals surface area contributed by atoms with Gasteiger partial charge in [0.05, 0.1) is 23.9 Å². The van der Waals surface area contributed by atoms with Gasteiger partial charge in [-0.2, -0.15) is 0 Å². The molecule has 1 aliphatic heterocycles. The standard InChI is InChI=1S/C32H31N5O5/c1-41-27-14-24(31(38)39)12-25-28(27)37(18-22-15-35(16-22)32(40)42-19-21-6-3-2-4-7-21)30(34-25)26-13-23-8-5-11-33-29(23)36(26)17-20-9-10-20/h2-8,11-14,20,22H,9-10,15-19H2,1H3,(H,38,39). The second kappa shape index (κ2) is 10.5. The van der Waals surface area contributed by atoms with Crippen LogP contribution in [0.15, 0.2) is 66.9 Å². The SMILES string of the molecule is COc1cc(C(=O)O)cc2nc(-c3cc4cccnc4n3CC3CC3)n(CC3CN(C(=O)OCc4ccccc4)C3)c12. The van der Waals surface area contributed by atoms with E-state index >= 15 is 0 Å². The van der Waals surface area contributed by atoms with Crippen molar-refractivity contribution in [3.8, 4) is 17.3 Å². The zero-order valence-electron chi connectivity index (χ0n) is 23.3. The summed E-state index contributed by atoms with van der Waals surface area (Å²) < 4.78 is 15.6. The van der Waals surface area contributed by atoms with Gasteiger partial charge in [-0.1, -0.05) is 30.3 Å². The van der Waals surface area contributed by atoms with Crippen molar-refractivity contribution in [2.75, 3.05) is 20.2 Å². The van der Waals surface area contributed by atoms with Crippen LogP contribution in [0.2, 0.25) is 0 Å². The molecule has 2 fully saturated rings. The largest absolute Gasteiger partial charge is 0.494 e. The third kappa shape index (κ3) is 4.82. The molecule has 2 aliphatic rings. The Bertz CT molecular complexity index is 1800. The summed E-state index contributed by atoms with van der Waals surface area (Å²) >= 11 is 0. The van der Waals surface area contributed by atoms with E-state index in [2.05, 4.69) is 26.3 Å². The molecule has 0 unspecified atom stereocenters. The topological polar surface area (TPSA) is 112 Å². The van der Waals surface area contributed by atoms with Gasteiger partial charge in [0.2, 0.25) is 0 Å². The van der Waals surface area contributed by atoms with Crippen molar-refractivity contribution in [1.29, 1.82) is 0 Å². The van der Waals surface area contributed by atoms with Crippen LogP contribution in [0.5, 0.6) is 5.75 Å². The summed E-state index contributed by atoms with van der Waals surface area (Å²) in [6.45, 7) is 2.76. The van der Waals surface area contributed by atoms with Gasteiger partial charge in [-0.25, -0.2) is 19.6 Å². The fourth-order valence-corrected chi connectivity index (χ4v) is 5.80. The number of ether oxygens (including phenoxy) is 2. The molecule has 1 N–H and O–H groups in total. The summed E-state index contributed by atoms with van der Waals surface area (Å²) in [5.41, 5.74) is 4.19. The molecule has 1 saturated carbocycles. The van der Waals surface area contributed by atoms with E-state index in [0.717, 1.165) is 40.2 Å². The van der Waals surface area contributed by atoms with Crippen LogP contribution in [0.25, 0.3) is 33.6 Å². The highest BCUT2D eigenvalue weighted by Gasteiger charge is 2.34. The van der Waals surface area contributed by atoms with Crippen LogP contribution in [0.1, 0.15) is 28.8 Å². The fraction of sp³-hybridized carbons (Fsp3) is 0.312. The lowest BCUT2D eigenvalue weighted by Crippen LogP contribution is -2.51. The number of hydrogen-bond acceptors (Lipinski definition) is 6. The van der Waals surface area contributed by atoms with Gasteiger partial charge in [0.15, 0.2) is 5.82 Å². The van der Waals surface area contributed by atoms with Crippen molar-refractivity contribution in [3.05, 3.63) is 78.0 Å². The number of nitrogens with zero attached hydrogens (tertiary/aromatic N) is 5. The summed E-state index contributed by atoms with van der Waals surface area (Å²) in [5.74, 6) is 0.907. The number of aromatic nitrogens is 4. The number of likely N-dealkylation sites (tertiary alicyclic amines) is 1. The van der Waals surface area contributed by atoms with E-state index in [0.29, 0.717) is 36.8 Å². The first-order valence-corrected chi connectivity index (χ1v) is 14.2. The minimum Gasteiger partial charge on any atom is -0.494 e. The molecule has 7 rings (SSSR count). The molecular weight excluding hydrogens is 534 g/mol. The fourth-order valence-electron chi connectivity index (χ4n) is 5.80. The number of benzene rings is 2. The number of carboxylic acid groups (broad SMARTS) is 1. The van der Waals surface area contributed by atoms with Crippen molar-refractivity contribution in [1.82, 2.24) is 24.0 Å². The van der Waals surface area contributed by atoms with E-state index in [-0.39, 0.29) is 24.2 Å². The average molecular weight is 566 g/mol. The molecule has 3 aromatic heterocycles. The minimum absolute atomic E-state index is 0.117. The molecular formula is C32H31N5O5. The molecule has 42 heavy (non-hydrogen) atoms. The van der Waals surface area contributed by atoms with E-state index in [4.69, 9.17) is 14.5 Å². The number of fused-ring (bicyclic) bond motifs is 2. The Hall–Kier alpha value is -4.86. The molecule has 4 heterocycles. The van der Waals surface area contributed by atoms with E-state index < -0.39 is 5.97 Å². The van der Waals surface area contributed by atoms with Crippen molar-refractivity contribution in [3.63, 3.8) is 0 Å². The maximum atomic E-state index is 12.7. The van der Waals surface area contributed by atoms with Crippen LogP contribution < -0.4 is 4.74 Å². The van der Waals surface area contributed by atoms with E-state index in [9.17, 15) is 14.7 Å². The summed E-state index contributed by atoms with van der Waals surface area (Å²) in [5, 5.41) is 10.8. The Morgan fingerprint density at radius 3 is 2.50 bits per heavy atom.